The van der Waals surface area contributed by atoms with Crippen molar-refractivity contribution < 1.29 is 4.79 Å². The molecule has 1 aliphatic heterocycles. The van der Waals surface area contributed by atoms with Crippen molar-refractivity contribution in [3.8, 4) is 0 Å². The molecular weight excluding hydrogens is 256 g/mol. The van der Waals surface area contributed by atoms with Gasteiger partial charge in [0, 0.05) is 36.5 Å². The van der Waals surface area contributed by atoms with E-state index in [-0.39, 0.29) is 11.3 Å². The second kappa shape index (κ2) is 4.58. The van der Waals surface area contributed by atoms with E-state index >= 15 is 0 Å². The number of anilines is 1. The molecule has 4 heteroatoms. The number of hydrogen-bond acceptors (Lipinski definition) is 4. The average molecular weight is 278 g/mol. The molecular formula is C15H22N2OS. The SMILES string of the molecule is CCC1CN(c2nccs2)C2CC(C)(C)CC(=O)C12. The van der Waals surface area contributed by atoms with Crippen molar-refractivity contribution in [3.05, 3.63) is 11.6 Å². The van der Waals surface area contributed by atoms with Crippen LogP contribution in [0.25, 0.3) is 0 Å². The Morgan fingerprint density at radius 3 is 2.95 bits per heavy atom. The molecule has 0 radical (unpaired) electrons. The van der Waals surface area contributed by atoms with E-state index in [0.29, 0.717) is 17.7 Å². The second-order valence-electron chi connectivity index (χ2n) is 6.74. The molecule has 104 valence electrons. The molecule has 19 heavy (non-hydrogen) atoms. The van der Waals surface area contributed by atoms with Gasteiger partial charge < -0.3 is 4.90 Å². The molecule has 2 fully saturated rings. The highest BCUT2D eigenvalue weighted by Crippen LogP contribution is 2.47. The van der Waals surface area contributed by atoms with Crippen LogP contribution in [0, 0.1) is 17.3 Å². The minimum absolute atomic E-state index is 0.135. The summed E-state index contributed by atoms with van der Waals surface area (Å²) >= 11 is 1.69. The first-order chi connectivity index (χ1) is 9.02. The fourth-order valence-electron chi connectivity index (χ4n) is 3.91. The van der Waals surface area contributed by atoms with Gasteiger partial charge in [-0.15, -0.1) is 11.3 Å². The number of thiazole rings is 1. The smallest absolute Gasteiger partial charge is 0.185 e. The maximum atomic E-state index is 12.5. The van der Waals surface area contributed by atoms with Crippen LogP contribution in [-0.2, 0) is 4.79 Å². The normalized spacial score (nSPS) is 33.5. The molecule has 3 nitrogen and oxygen atoms in total. The highest BCUT2D eigenvalue weighted by Gasteiger charge is 2.51. The molecule has 1 saturated heterocycles. The number of hydrogen-bond donors (Lipinski definition) is 0. The Labute approximate surface area is 119 Å². The summed E-state index contributed by atoms with van der Waals surface area (Å²) in [6, 6.07) is 0.368. The van der Waals surface area contributed by atoms with Gasteiger partial charge in [-0.3, -0.25) is 4.79 Å². The van der Waals surface area contributed by atoms with E-state index in [2.05, 4.69) is 30.7 Å². The third-order valence-corrected chi connectivity index (χ3v) is 5.54. The number of carbonyl (C=O) groups excluding carboxylic acids is 1. The summed E-state index contributed by atoms with van der Waals surface area (Å²) in [6.07, 6.45) is 4.81. The Morgan fingerprint density at radius 1 is 1.53 bits per heavy atom. The number of ketones is 1. The lowest BCUT2D eigenvalue weighted by molar-refractivity contribution is -0.129. The Hall–Kier alpha value is -0.900. The van der Waals surface area contributed by atoms with E-state index in [9.17, 15) is 4.79 Å². The van der Waals surface area contributed by atoms with Gasteiger partial charge in [-0.05, 0) is 17.8 Å². The number of carbonyl (C=O) groups is 1. The van der Waals surface area contributed by atoms with E-state index in [1.54, 1.807) is 11.3 Å². The largest absolute Gasteiger partial charge is 0.344 e. The molecule has 3 unspecified atom stereocenters. The highest BCUT2D eigenvalue weighted by molar-refractivity contribution is 7.13. The quantitative estimate of drug-likeness (QED) is 0.831. The van der Waals surface area contributed by atoms with Gasteiger partial charge >= 0.3 is 0 Å². The zero-order valence-corrected chi connectivity index (χ0v) is 12.7. The van der Waals surface area contributed by atoms with Crippen molar-refractivity contribution in [2.24, 2.45) is 17.3 Å². The van der Waals surface area contributed by atoms with Crippen molar-refractivity contribution in [1.82, 2.24) is 4.98 Å². The lowest BCUT2D eigenvalue weighted by Crippen LogP contribution is -2.45. The molecule has 1 saturated carbocycles. The molecule has 1 aliphatic carbocycles. The fraction of sp³-hybridized carbons (Fsp3) is 0.733. The van der Waals surface area contributed by atoms with Crippen LogP contribution >= 0.6 is 11.3 Å². The summed E-state index contributed by atoms with van der Waals surface area (Å²) in [5.74, 6) is 1.23. The number of aromatic nitrogens is 1. The van der Waals surface area contributed by atoms with Crippen LogP contribution in [0.4, 0.5) is 5.13 Å². The van der Waals surface area contributed by atoms with Gasteiger partial charge in [-0.1, -0.05) is 27.2 Å². The minimum atomic E-state index is 0.135. The first-order valence-corrected chi connectivity index (χ1v) is 8.08. The molecule has 0 N–H and O–H groups in total. The summed E-state index contributed by atoms with van der Waals surface area (Å²) < 4.78 is 0. The predicted molar refractivity (Wildman–Crippen MR) is 78.5 cm³/mol. The van der Waals surface area contributed by atoms with Gasteiger partial charge in [0.2, 0.25) is 0 Å². The average Bonchev–Trinajstić information content (AvgIpc) is 2.93. The summed E-state index contributed by atoms with van der Waals surface area (Å²) in [5.41, 5.74) is 0.135. The van der Waals surface area contributed by atoms with E-state index < -0.39 is 0 Å². The molecule has 3 rings (SSSR count). The lowest BCUT2D eigenvalue weighted by Gasteiger charge is -2.40. The van der Waals surface area contributed by atoms with E-state index in [0.717, 1.165) is 30.9 Å². The van der Waals surface area contributed by atoms with Crippen molar-refractivity contribution in [2.75, 3.05) is 11.4 Å². The molecule has 1 aromatic heterocycles. The Balaban J connectivity index is 1.94. The van der Waals surface area contributed by atoms with Gasteiger partial charge in [0.25, 0.3) is 0 Å². The lowest BCUT2D eigenvalue weighted by atomic mass is 9.67. The molecule has 0 bridgehead atoms. The van der Waals surface area contributed by atoms with Gasteiger partial charge in [0.15, 0.2) is 5.13 Å². The van der Waals surface area contributed by atoms with E-state index in [4.69, 9.17) is 0 Å². The minimum Gasteiger partial charge on any atom is -0.344 e. The number of rotatable bonds is 2. The van der Waals surface area contributed by atoms with Crippen molar-refractivity contribution in [2.45, 2.75) is 46.1 Å². The van der Waals surface area contributed by atoms with Crippen molar-refractivity contribution >= 4 is 22.3 Å². The first-order valence-electron chi connectivity index (χ1n) is 7.20. The highest BCUT2D eigenvalue weighted by atomic mass is 32.1. The van der Waals surface area contributed by atoms with Gasteiger partial charge in [-0.2, -0.15) is 0 Å². The van der Waals surface area contributed by atoms with Gasteiger partial charge in [-0.25, -0.2) is 4.98 Å². The maximum absolute atomic E-state index is 12.5. The summed E-state index contributed by atoms with van der Waals surface area (Å²) in [5, 5.41) is 3.12. The molecule has 0 aromatic carbocycles. The molecule has 2 aliphatic rings. The predicted octanol–water partition coefficient (Wildman–Crippen LogP) is 3.36. The van der Waals surface area contributed by atoms with Crippen LogP contribution < -0.4 is 4.90 Å². The van der Waals surface area contributed by atoms with Crippen molar-refractivity contribution in [3.63, 3.8) is 0 Å². The number of nitrogens with zero attached hydrogens (tertiary/aromatic N) is 2. The Kier molecular flexibility index (Phi) is 3.16. The van der Waals surface area contributed by atoms with Crippen LogP contribution in [-0.4, -0.2) is 23.4 Å². The Morgan fingerprint density at radius 2 is 2.32 bits per heavy atom. The third kappa shape index (κ3) is 2.20. The van der Waals surface area contributed by atoms with Gasteiger partial charge in [0.1, 0.15) is 5.78 Å². The zero-order chi connectivity index (χ0) is 13.6. The van der Waals surface area contributed by atoms with Crippen molar-refractivity contribution in [1.29, 1.82) is 0 Å². The molecule has 2 heterocycles. The van der Waals surface area contributed by atoms with Crippen LogP contribution in [0.1, 0.15) is 40.0 Å². The van der Waals surface area contributed by atoms with Crippen LogP contribution in [0.2, 0.25) is 0 Å². The van der Waals surface area contributed by atoms with Crippen LogP contribution in [0.3, 0.4) is 0 Å². The fourth-order valence-corrected chi connectivity index (χ4v) is 4.62. The topological polar surface area (TPSA) is 33.2 Å². The number of Topliss-reactive ketones (excluding diaryl/α,β-unsaturated/α-hetero) is 1. The molecule has 3 atom stereocenters. The first kappa shape index (κ1) is 13.1. The number of fused-ring (bicyclic) bond motifs is 1. The van der Waals surface area contributed by atoms with Crippen LogP contribution in [0.5, 0.6) is 0 Å². The third-order valence-electron chi connectivity index (χ3n) is 4.73. The summed E-state index contributed by atoms with van der Waals surface area (Å²) in [7, 11) is 0. The maximum Gasteiger partial charge on any atom is 0.185 e. The second-order valence-corrected chi connectivity index (χ2v) is 7.61. The standard InChI is InChI=1S/C15H22N2OS/c1-4-10-9-17(14-16-5-6-19-14)11-7-15(2,3)8-12(18)13(10)11/h5-6,10-11,13H,4,7-9H2,1-3H3. The van der Waals surface area contributed by atoms with Crippen LogP contribution in [0.15, 0.2) is 11.6 Å². The molecule has 0 amide bonds. The summed E-state index contributed by atoms with van der Waals surface area (Å²) in [4.78, 5) is 19.4. The van der Waals surface area contributed by atoms with E-state index in [1.165, 1.54) is 0 Å². The molecule has 0 spiro atoms. The van der Waals surface area contributed by atoms with Gasteiger partial charge in [0.05, 0.1) is 0 Å². The zero-order valence-electron chi connectivity index (χ0n) is 11.9. The molecule has 1 aromatic rings. The summed E-state index contributed by atoms with van der Waals surface area (Å²) in [6.45, 7) is 7.65. The Bertz CT molecular complexity index is 468. The van der Waals surface area contributed by atoms with E-state index in [1.807, 2.05) is 11.6 Å². The monoisotopic (exact) mass is 278 g/mol.